The lowest BCUT2D eigenvalue weighted by molar-refractivity contribution is -0.133. The van der Waals surface area contributed by atoms with E-state index in [4.69, 9.17) is 20.4 Å². The third-order valence-corrected chi connectivity index (χ3v) is 4.79. The number of hydrogen-bond donors (Lipinski definition) is 4. The van der Waals surface area contributed by atoms with Gasteiger partial charge in [-0.25, -0.2) is 9.59 Å². The van der Waals surface area contributed by atoms with Crippen molar-refractivity contribution in [2.24, 2.45) is 0 Å². The van der Waals surface area contributed by atoms with Crippen molar-refractivity contribution in [3.8, 4) is 0 Å². The summed E-state index contributed by atoms with van der Waals surface area (Å²) in [6.07, 6.45) is 23.4. The molecule has 0 radical (unpaired) electrons. The monoisotopic (exact) mass is 488 g/mol. The van der Waals surface area contributed by atoms with Gasteiger partial charge < -0.3 is 20.4 Å². The van der Waals surface area contributed by atoms with Crippen molar-refractivity contribution in [3.63, 3.8) is 0 Å². The van der Waals surface area contributed by atoms with Crippen LogP contribution in [0.2, 0.25) is 0 Å². The van der Waals surface area contributed by atoms with E-state index >= 15 is 0 Å². The number of aliphatic hydroxyl groups is 2. The predicted molar refractivity (Wildman–Crippen MR) is 144 cm³/mol. The Hall–Kier alpha value is -1.66. The highest BCUT2D eigenvalue weighted by Gasteiger charge is 1.94. The van der Waals surface area contributed by atoms with E-state index in [1.807, 2.05) is 0 Å². The first-order chi connectivity index (χ1) is 16.1. The van der Waals surface area contributed by atoms with E-state index in [1.54, 1.807) is 0 Å². The van der Waals surface area contributed by atoms with Crippen LogP contribution in [-0.2, 0) is 9.59 Å². The van der Waals surface area contributed by atoms with Gasteiger partial charge in [0.05, 0.1) is 13.2 Å². The molecular weight excluding hydrogens is 432 g/mol. The number of carboxylic acid groups (broad SMARTS) is 2. The van der Waals surface area contributed by atoms with Gasteiger partial charge in [-0.2, -0.15) is 0 Å². The van der Waals surface area contributed by atoms with Gasteiger partial charge in [-0.1, -0.05) is 130 Å². The molecule has 6 heteroatoms. The van der Waals surface area contributed by atoms with Gasteiger partial charge in [0.2, 0.25) is 0 Å². The smallest absolute Gasteiger partial charge is 0.330 e. The summed E-state index contributed by atoms with van der Waals surface area (Å²) in [5, 5.41) is 31.0. The summed E-state index contributed by atoms with van der Waals surface area (Å²) in [6, 6.07) is 0. The summed E-state index contributed by atoms with van der Waals surface area (Å²) in [4.78, 5) is 19.2. The largest absolute Gasteiger partial charge is 0.478 e. The lowest BCUT2D eigenvalue weighted by atomic mass is 10.0. The quantitative estimate of drug-likeness (QED) is 0.117. The SMILES string of the molecule is C=C(C)C(=O)O.C=C(C)C(=O)O.CCCCCCCCCCCCCCCCCC.OCCO. The van der Waals surface area contributed by atoms with Gasteiger partial charge in [0.1, 0.15) is 0 Å². The molecular formula is C28H56O6. The Labute approximate surface area is 210 Å². The van der Waals surface area contributed by atoms with Crippen molar-refractivity contribution in [3.05, 3.63) is 24.3 Å². The van der Waals surface area contributed by atoms with Crippen LogP contribution >= 0.6 is 0 Å². The summed E-state index contributed by atoms with van der Waals surface area (Å²) in [7, 11) is 0. The van der Waals surface area contributed by atoms with Crippen LogP contribution in [0.4, 0.5) is 0 Å². The molecule has 0 aliphatic heterocycles. The number of carbonyl (C=O) groups is 2. The lowest BCUT2D eigenvalue weighted by Gasteiger charge is -2.03. The maximum atomic E-state index is 9.60. The number of carboxylic acids is 2. The molecule has 0 aliphatic carbocycles. The molecule has 34 heavy (non-hydrogen) atoms. The van der Waals surface area contributed by atoms with E-state index in [9.17, 15) is 9.59 Å². The van der Waals surface area contributed by atoms with Gasteiger partial charge in [-0.05, 0) is 13.8 Å². The van der Waals surface area contributed by atoms with Gasteiger partial charge in [-0.3, -0.25) is 0 Å². The zero-order valence-electron chi connectivity index (χ0n) is 22.7. The summed E-state index contributed by atoms with van der Waals surface area (Å²) in [6.45, 7) is 13.5. The van der Waals surface area contributed by atoms with Gasteiger partial charge in [0, 0.05) is 11.1 Å². The Morgan fingerprint density at radius 3 is 0.735 bits per heavy atom. The van der Waals surface area contributed by atoms with E-state index in [-0.39, 0.29) is 24.4 Å². The number of hydrogen-bond acceptors (Lipinski definition) is 4. The highest BCUT2D eigenvalue weighted by Crippen LogP contribution is 2.13. The second-order valence-electron chi connectivity index (χ2n) is 8.57. The lowest BCUT2D eigenvalue weighted by Crippen LogP contribution is -1.92. The standard InChI is InChI=1S/C18H38.2C4H6O2.C2H6O2/c1-3-5-7-9-11-13-15-17-18-16-14-12-10-8-6-4-2;2*1-3(2)4(5)6;3-1-2-4/h3-18H2,1-2H3;2*1H2,2H3,(H,5,6);3-4H,1-2H2. The van der Waals surface area contributed by atoms with Crippen LogP contribution in [0.3, 0.4) is 0 Å². The van der Waals surface area contributed by atoms with Crippen LogP contribution in [0.5, 0.6) is 0 Å². The summed E-state index contributed by atoms with van der Waals surface area (Å²) >= 11 is 0. The van der Waals surface area contributed by atoms with E-state index in [2.05, 4.69) is 27.0 Å². The number of aliphatic carboxylic acids is 2. The number of unbranched alkanes of at least 4 members (excludes halogenated alkanes) is 15. The zero-order chi connectivity index (χ0) is 27.0. The van der Waals surface area contributed by atoms with Crippen LogP contribution in [0.15, 0.2) is 24.3 Å². The van der Waals surface area contributed by atoms with Crippen LogP contribution < -0.4 is 0 Å². The first kappa shape index (κ1) is 39.5. The molecule has 0 aliphatic rings. The molecule has 204 valence electrons. The minimum Gasteiger partial charge on any atom is -0.478 e. The fourth-order valence-corrected chi connectivity index (χ4v) is 2.62. The highest BCUT2D eigenvalue weighted by atomic mass is 16.4. The molecule has 6 nitrogen and oxygen atoms in total. The molecule has 0 bridgehead atoms. The van der Waals surface area contributed by atoms with Crippen molar-refractivity contribution in [2.45, 2.75) is 130 Å². The van der Waals surface area contributed by atoms with Gasteiger partial charge in [-0.15, -0.1) is 0 Å². The minimum atomic E-state index is -0.935. The minimum absolute atomic E-state index is 0.125. The van der Waals surface area contributed by atoms with Crippen LogP contribution in [-0.4, -0.2) is 45.6 Å². The number of aliphatic hydroxyl groups excluding tert-OH is 2. The molecule has 0 amide bonds. The molecule has 0 rings (SSSR count). The third kappa shape index (κ3) is 52.3. The maximum Gasteiger partial charge on any atom is 0.330 e. The first-order valence-corrected chi connectivity index (χ1v) is 13.1. The Balaban J connectivity index is -0.000000228. The molecule has 0 aromatic heterocycles. The van der Waals surface area contributed by atoms with Crippen molar-refractivity contribution in [2.75, 3.05) is 13.2 Å². The summed E-state index contributed by atoms with van der Waals surface area (Å²) < 4.78 is 0. The molecule has 0 heterocycles. The molecule has 0 saturated heterocycles. The molecule has 0 fully saturated rings. The fourth-order valence-electron chi connectivity index (χ4n) is 2.62. The molecule has 4 N–H and O–H groups in total. The highest BCUT2D eigenvalue weighted by molar-refractivity contribution is 5.85. The summed E-state index contributed by atoms with van der Waals surface area (Å²) in [5.41, 5.74) is 0.352. The average molecular weight is 489 g/mol. The first-order valence-electron chi connectivity index (χ1n) is 13.1. The second-order valence-corrected chi connectivity index (χ2v) is 8.57. The van der Waals surface area contributed by atoms with Crippen molar-refractivity contribution < 1.29 is 30.0 Å². The van der Waals surface area contributed by atoms with Crippen molar-refractivity contribution in [1.82, 2.24) is 0 Å². The fraction of sp³-hybridized carbons (Fsp3) is 0.786. The molecule has 0 aromatic carbocycles. The molecule has 0 aromatic rings. The molecule has 0 spiro atoms. The molecule has 0 saturated carbocycles. The zero-order valence-corrected chi connectivity index (χ0v) is 22.7. The Morgan fingerprint density at radius 2 is 0.647 bits per heavy atom. The van der Waals surface area contributed by atoms with Gasteiger partial charge in [0.25, 0.3) is 0 Å². The Bertz CT molecular complexity index is 394. The normalized spacial score (nSPS) is 9.35. The maximum absolute atomic E-state index is 9.60. The van der Waals surface area contributed by atoms with Crippen LogP contribution in [0, 0.1) is 0 Å². The summed E-state index contributed by atoms with van der Waals surface area (Å²) in [5.74, 6) is -1.87. The topological polar surface area (TPSA) is 115 Å². The molecule has 0 atom stereocenters. The van der Waals surface area contributed by atoms with E-state index < -0.39 is 11.9 Å². The van der Waals surface area contributed by atoms with E-state index in [0.29, 0.717) is 0 Å². The van der Waals surface area contributed by atoms with Gasteiger partial charge in [0.15, 0.2) is 0 Å². The predicted octanol–water partition coefficient (Wildman–Crippen LogP) is 7.53. The number of rotatable bonds is 18. The van der Waals surface area contributed by atoms with E-state index in [0.717, 1.165) is 0 Å². The van der Waals surface area contributed by atoms with E-state index in [1.165, 1.54) is 117 Å². The van der Waals surface area contributed by atoms with Crippen molar-refractivity contribution >= 4 is 11.9 Å². The van der Waals surface area contributed by atoms with Crippen LogP contribution in [0.25, 0.3) is 0 Å². The van der Waals surface area contributed by atoms with Crippen LogP contribution in [0.1, 0.15) is 130 Å². The Morgan fingerprint density at radius 1 is 0.500 bits per heavy atom. The second kappa shape index (κ2) is 35.9. The Kier molecular flexibility index (Phi) is 41.8. The van der Waals surface area contributed by atoms with Gasteiger partial charge >= 0.3 is 11.9 Å². The average Bonchev–Trinajstić information content (AvgIpc) is 2.80. The van der Waals surface area contributed by atoms with Crippen molar-refractivity contribution in [1.29, 1.82) is 0 Å². The molecule has 0 unspecified atom stereocenters. The third-order valence-electron chi connectivity index (χ3n) is 4.79.